The number of halogens is 5. The van der Waals surface area contributed by atoms with Crippen molar-refractivity contribution in [3.63, 3.8) is 0 Å². The molecule has 2 aliphatic heterocycles. The molecule has 1 fully saturated rings. The summed E-state index contributed by atoms with van der Waals surface area (Å²) in [5, 5.41) is 5.92. The standard InChI is InChI=1S/C25H19ClF4N4O2/c26-18-3-1-4-19(28)17(18)13-32-23-9-14(5-6-22(23)33-7-2-8-34(33)25(32)36)24(35)31-12-16-20(29)10-15(27)11-21(16)30/h1,3-6,9-11H,2,7-8,12-13H2,(H,31,35). The molecule has 186 valence electrons. The molecule has 0 radical (unpaired) electrons. The molecule has 3 amide bonds. The van der Waals surface area contributed by atoms with E-state index < -0.39 is 47.3 Å². The highest BCUT2D eigenvalue weighted by Crippen LogP contribution is 2.40. The summed E-state index contributed by atoms with van der Waals surface area (Å²) in [6.07, 6.45) is 0.733. The molecule has 1 saturated heterocycles. The van der Waals surface area contributed by atoms with Gasteiger partial charge in [0.25, 0.3) is 5.91 Å². The SMILES string of the molecule is O=C(NCc1c(F)cc(F)cc1F)c1ccc2c(c1)N(Cc1c(F)cccc1Cl)C(=O)N1CCCN21. The van der Waals surface area contributed by atoms with Crippen LogP contribution in [0.2, 0.25) is 5.02 Å². The Bertz CT molecular complexity index is 1340. The number of anilines is 2. The largest absolute Gasteiger partial charge is 0.348 e. The van der Waals surface area contributed by atoms with Gasteiger partial charge in [0.05, 0.1) is 17.9 Å². The molecule has 0 spiro atoms. The third-order valence-corrected chi connectivity index (χ3v) is 6.55. The predicted molar refractivity (Wildman–Crippen MR) is 126 cm³/mol. The molecular weight excluding hydrogens is 500 g/mol. The summed E-state index contributed by atoms with van der Waals surface area (Å²) in [5.41, 5.74) is 0.766. The van der Waals surface area contributed by atoms with Crippen LogP contribution < -0.4 is 15.2 Å². The molecule has 5 rings (SSSR count). The number of hydrogen-bond acceptors (Lipinski definition) is 3. The average molecular weight is 519 g/mol. The van der Waals surface area contributed by atoms with Gasteiger partial charge in [-0.05, 0) is 36.8 Å². The normalized spacial score (nSPS) is 14.7. The summed E-state index contributed by atoms with van der Waals surface area (Å²) in [6.45, 7) is 0.387. The van der Waals surface area contributed by atoms with Gasteiger partial charge >= 0.3 is 6.03 Å². The van der Waals surface area contributed by atoms with E-state index >= 15 is 0 Å². The molecule has 0 atom stereocenters. The van der Waals surface area contributed by atoms with Gasteiger partial charge in [0.15, 0.2) is 0 Å². The molecular formula is C25H19ClF4N4O2. The van der Waals surface area contributed by atoms with Gasteiger partial charge in [-0.1, -0.05) is 17.7 Å². The highest BCUT2D eigenvalue weighted by atomic mass is 35.5. The fourth-order valence-electron chi connectivity index (χ4n) is 4.41. The van der Waals surface area contributed by atoms with Crippen molar-refractivity contribution in [2.75, 3.05) is 23.0 Å². The maximum Gasteiger partial charge on any atom is 0.343 e. The van der Waals surface area contributed by atoms with Gasteiger partial charge in [-0.3, -0.25) is 14.7 Å². The summed E-state index contributed by atoms with van der Waals surface area (Å²) in [5.74, 6) is -4.54. The van der Waals surface area contributed by atoms with E-state index in [0.29, 0.717) is 36.6 Å². The zero-order valence-corrected chi connectivity index (χ0v) is 19.5. The monoisotopic (exact) mass is 518 g/mol. The van der Waals surface area contributed by atoms with Gasteiger partial charge in [-0.2, -0.15) is 0 Å². The van der Waals surface area contributed by atoms with Crippen LogP contribution in [0, 0.1) is 23.3 Å². The summed E-state index contributed by atoms with van der Waals surface area (Å²) < 4.78 is 55.6. The Hall–Kier alpha value is -3.79. The van der Waals surface area contributed by atoms with Crippen molar-refractivity contribution in [1.29, 1.82) is 0 Å². The lowest BCUT2D eigenvalue weighted by Gasteiger charge is -2.41. The number of amides is 3. The number of nitrogens with one attached hydrogen (secondary N) is 1. The molecule has 3 aromatic rings. The Morgan fingerprint density at radius 2 is 1.61 bits per heavy atom. The quantitative estimate of drug-likeness (QED) is 0.461. The molecule has 6 nitrogen and oxygen atoms in total. The van der Waals surface area contributed by atoms with Crippen molar-refractivity contribution in [1.82, 2.24) is 10.3 Å². The highest BCUT2D eigenvalue weighted by Gasteiger charge is 2.39. The van der Waals surface area contributed by atoms with Gasteiger partial charge < -0.3 is 5.32 Å². The zero-order valence-electron chi connectivity index (χ0n) is 18.7. The van der Waals surface area contributed by atoms with Crippen molar-refractivity contribution in [2.45, 2.75) is 19.5 Å². The van der Waals surface area contributed by atoms with Crippen molar-refractivity contribution < 1.29 is 27.2 Å². The van der Waals surface area contributed by atoms with Crippen LogP contribution in [0.25, 0.3) is 0 Å². The van der Waals surface area contributed by atoms with E-state index in [1.807, 2.05) is 0 Å². The van der Waals surface area contributed by atoms with E-state index in [2.05, 4.69) is 5.32 Å². The summed E-state index contributed by atoms with van der Waals surface area (Å²) in [4.78, 5) is 27.5. The Kier molecular flexibility index (Phi) is 6.21. The molecule has 0 bridgehead atoms. The summed E-state index contributed by atoms with van der Waals surface area (Å²) in [7, 11) is 0. The van der Waals surface area contributed by atoms with Crippen LogP contribution in [0.4, 0.5) is 33.7 Å². The van der Waals surface area contributed by atoms with Crippen molar-refractivity contribution in [3.8, 4) is 0 Å². The number of hydrogen-bond donors (Lipinski definition) is 1. The second-order valence-electron chi connectivity index (χ2n) is 8.40. The van der Waals surface area contributed by atoms with Crippen molar-refractivity contribution in [2.24, 2.45) is 0 Å². The molecule has 0 unspecified atom stereocenters. The minimum absolute atomic E-state index is 0.113. The Morgan fingerprint density at radius 3 is 2.33 bits per heavy atom. The molecule has 1 N–H and O–H groups in total. The maximum atomic E-state index is 14.5. The maximum absolute atomic E-state index is 14.5. The number of hydrazine groups is 1. The van der Waals surface area contributed by atoms with Crippen LogP contribution >= 0.6 is 11.6 Å². The summed E-state index contributed by atoms with van der Waals surface area (Å²) in [6, 6.07) is 9.54. The van der Waals surface area contributed by atoms with E-state index in [4.69, 9.17) is 11.6 Å². The van der Waals surface area contributed by atoms with E-state index in [1.54, 1.807) is 16.1 Å². The number of urea groups is 1. The highest BCUT2D eigenvalue weighted by molar-refractivity contribution is 6.31. The average Bonchev–Trinajstić information content (AvgIpc) is 3.32. The number of nitrogens with zero attached hydrogens (tertiary/aromatic N) is 3. The van der Waals surface area contributed by atoms with E-state index in [1.165, 1.54) is 35.2 Å². The number of carbonyl (C=O) groups is 2. The van der Waals surface area contributed by atoms with Crippen LogP contribution in [-0.4, -0.2) is 30.0 Å². The fraction of sp³-hybridized carbons (Fsp3) is 0.200. The molecule has 0 aliphatic carbocycles. The predicted octanol–water partition coefficient (Wildman–Crippen LogP) is 5.39. The van der Waals surface area contributed by atoms with Crippen LogP contribution in [0.1, 0.15) is 27.9 Å². The molecule has 0 saturated carbocycles. The first kappa shape index (κ1) is 23.9. The second-order valence-corrected chi connectivity index (χ2v) is 8.81. The first-order valence-corrected chi connectivity index (χ1v) is 11.5. The third kappa shape index (κ3) is 4.21. The van der Waals surface area contributed by atoms with Gasteiger partial charge in [-0.25, -0.2) is 27.4 Å². The Balaban J connectivity index is 1.46. The van der Waals surface area contributed by atoms with E-state index in [9.17, 15) is 27.2 Å². The summed E-state index contributed by atoms with van der Waals surface area (Å²) >= 11 is 6.20. The minimum Gasteiger partial charge on any atom is -0.348 e. The van der Waals surface area contributed by atoms with Crippen LogP contribution in [0.3, 0.4) is 0 Å². The lowest BCUT2D eigenvalue weighted by atomic mass is 10.1. The smallest absolute Gasteiger partial charge is 0.343 e. The molecule has 11 heteroatoms. The first-order valence-electron chi connectivity index (χ1n) is 11.1. The fourth-order valence-corrected chi connectivity index (χ4v) is 4.63. The molecule has 36 heavy (non-hydrogen) atoms. The van der Waals surface area contributed by atoms with Gasteiger partial charge in [0.1, 0.15) is 23.3 Å². The topological polar surface area (TPSA) is 55.9 Å². The van der Waals surface area contributed by atoms with Gasteiger partial charge in [0, 0.05) is 53.5 Å². The van der Waals surface area contributed by atoms with Crippen LogP contribution in [0.15, 0.2) is 48.5 Å². The Labute approximate surface area is 208 Å². The number of fused-ring (bicyclic) bond motifs is 3. The molecule has 2 aliphatic rings. The van der Waals surface area contributed by atoms with Crippen LogP contribution in [-0.2, 0) is 13.1 Å². The lowest BCUT2D eigenvalue weighted by Crippen LogP contribution is -2.53. The first-order chi connectivity index (χ1) is 17.2. The van der Waals surface area contributed by atoms with Gasteiger partial charge in [0.2, 0.25) is 0 Å². The van der Waals surface area contributed by atoms with Crippen LogP contribution in [0.5, 0.6) is 0 Å². The number of carbonyl (C=O) groups excluding carboxylic acids is 2. The molecule has 2 heterocycles. The van der Waals surface area contributed by atoms with Crippen molar-refractivity contribution in [3.05, 3.63) is 93.5 Å². The van der Waals surface area contributed by atoms with E-state index in [0.717, 1.165) is 6.42 Å². The van der Waals surface area contributed by atoms with Gasteiger partial charge in [-0.15, -0.1) is 0 Å². The molecule has 3 aromatic carbocycles. The zero-order chi connectivity index (χ0) is 25.6. The number of rotatable bonds is 5. The third-order valence-electron chi connectivity index (χ3n) is 6.20. The Morgan fingerprint density at radius 1 is 0.889 bits per heavy atom. The minimum atomic E-state index is -1.12. The lowest BCUT2D eigenvalue weighted by molar-refractivity contribution is 0.0950. The molecule has 0 aromatic heterocycles. The van der Waals surface area contributed by atoms with Crippen molar-refractivity contribution >= 4 is 34.9 Å². The van der Waals surface area contributed by atoms with E-state index in [-0.39, 0.29) is 22.7 Å². The second kappa shape index (κ2) is 9.34. The number of benzene rings is 3.